The highest BCUT2D eigenvalue weighted by Gasteiger charge is 2.28. The van der Waals surface area contributed by atoms with Gasteiger partial charge in [-0.25, -0.2) is 0 Å². The van der Waals surface area contributed by atoms with Crippen LogP contribution in [0.25, 0.3) is 0 Å². The number of nitrogens with zero attached hydrogens (tertiary/aromatic N) is 2. The summed E-state index contributed by atoms with van der Waals surface area (Å²) in [5.41, 5.74) is 5.89. The molecule has 1 aromatic heterocycles. The Morgan fingerprint density at radius 3 is 2.94 bits per heavy atom. The summed E-state index contributed by atoms with van der Waals surface area (Å²) >= 11 is 0. The number of hydrogen-bond donors (Lipinski definition) is 1. The molecule has 2 heterocycles. The van der Waals surface area contributed by atoms with Gasteiger partial charge in [0, 0.05) is 31.6 Å². The van der Waals surface area contributed by atoms with E-state index in [0.29, 0.717) is 17.9 Å². The zero-order chi connectivity index (χ0) is 11.7. The van der Waals surface area contributed by atoms with E-state index in [4.69, 9.17) is 15.0 Å². The number of aromatic nitrogens is 2. The topological polar surface area (TPSA) is 74.2 Å². The van der Waals surface area contributed by atoms with Gasteiger partial charge in [-0.3, -0.25) is 0 Å². The van der Waals surface area contributed by atoms with Crippen molar-refractivity contribution in [2.24, 2.45) is 11.7 Å². The number of ether oxygens (including phenoxy) is 1. The molecule has 5 nitrogen and oxygen atoms in total. The summed E-state index contributed by atoms with van der Waals surface area (Å²) in [5, 5.41) is 4.07. The van der Waals surface area contributed by atoms with E-state index in [9.17, 15) is 0 Å². The molecular formula is C12H19N3O2. The van der Waals surface area contributed by atoms with Crippen molar-refractivity contribution in [2.75, 3.05) is 13.2 Å². The second-order valence-electron chi connectivity index (χ2n) is 5.25. The molecule has 2 fully saturated rings. The first kappa shape index (κ1) is 11.2. The summed E-state index contributed by atoms with van der Waals surface area (Å²) in [6.45, 7) is 1.70. The molecule has 0 aromatic carbocycles. The Hall–Kier alpha value is -0.940. The first-order valence-electron chi connectivity index (χ1n) is 6.47. The first-order valence-corrected chi connectivity index (χ1v) is 6.47. The van der Waals surface area contributed by atoms with Crippen LogP contribution >= 0.6 is 0 Å². The third kappa shape index (κ3) is 2.50. The highest BCUT2D eigenvalue weighted by molar-refractivity contribution is 4.99. The number of rotatable bonds is 3. The maximum Gasteiger partial charge on any atom is 0.229 e. The molecule has 1 saturated heterocycles. The van der Waals surface area contributed by atoms with Gasteiger partial charge in [0.2, 0.25) is 5.89 Å². The van der Waals surface area contributed by atoms with Crippen LogP contribution in [0.3, 0.4) is 0 Å². The van der Waals surface area contributed by atoms with Gasteiger partial charge in [-0.15, -0.1) is 0 Å². The van der Waals surface area contributed by atoms with E-state index < -0.39 is 0 Å². The van der Waals surface area contributed by atoms with E-state index in [1.807, 2.05) is 0 Å². The lowest BCUT2D eigenvalue weighted by molar-refractivity contribution is 0.185. The molecule has 0 amide bonds. The monoisotopic (exact) mass is 237 g/mol. The van der Waals surface area contributed by atoms with Gasteiger partial charge < -0.3 is 15.0 Å². The standard InChI is InChI=1S/C12H19N3O2/c13-10-2-1-9(6-10)12-14-11(15-17-12)5-8-3-4-16-7-8/h8-10H,1-7,13H2. The molecule has 2 aliphatic rings. The Bertz CT molecular complexity index is 374. The normalized spacial score (nSPS) is 33.4. The van der Waals surface area contributed by atoms with E-state index in [1.165, 1.54) is 0 Å². The summed E-state index contributed by atoms with van der Waals surface area (Å²) in [4.78, 5) is 4.50. The minimum absolute atomic E-state index is 0.304. The quantitative estimate of drug-likeness (QED) is 0.856. The predicted octanol–water partition coefficient (Wildman–Crippen LogP) is 1.24. The van der Waals surface area contributed by atoms with Crippen LogP contribution in [-0.4, -0.2) is 29.4 Å². The molecule has 3 unspecified atom stereocenters. The van der Waals surface area contributed by atoms with Gasteiger partial charge in [-0.2, -0.15) is 4.98 Å². The van der Waals surface area contributed by atoms with Crippen molar-refractivity contribution >= 4 is 0 Å². The van der Waals surface area contributed by atoms with Crippen molar-refractivity contribution in [2.45, 2.75) is 44.1 Å². The molecule has 17 heavy (non-hydrogen) atoms. The van der Waals surface area contributed by atoms with Crippen molar-refractivity contribution in [1.29, 1.82) is 0 Å². The lowest BCUT2D eigenvalue weighted by Crippen LogP contribution is -2.14. The average Bonchev–Trinajstić information content (AvgIpc) is 2.99. The van der Waals surface area contributed by atoms with Gasteiger partial charge in [0.05, 0.1) is 0 Å². The Balaban J connectivity index is 1.61. The predicted molar refractivity (Wildman–Crippen MR) is 61.5 cm³/mol. The van der Waals surface area contributed by atoms with E-state index in [-0.39, 0.29) is 0 Å². The van der Waals surface area contributed by atoms with Crippen LogP contribution in [-0.2, 0) is 11.2 Å². The van der Waals surface area contributed by atoms with Gasteiger partial charge in [0.25, 0.3) is 0 Å². The molecule has 2 N–H and O–H groups in total. The molecule has 1 aliphatic heterocycles. The Morgan fingerprint density at radius 2 is 2.24 bits per heavy atom. The largest absolute Gasteiger partial charge is 0.381 e. The highest BCUT2D eigenvalue weighted by Crippen LogP contribution is 2.32. The van der Waals surface area contributed by atoms with Crippen molar-refractivity contribution in [3.05, 3.63) is 11.7 Å². The maximum atomic E-state index is 5.89. The van der Waals surface area contributed by atoms with E-state index in [1.54, 1.807) is 0 Å². The van der Waals surface area contributed by atoms with Crippen LogP contribution in [0.4, 0.5) is 0 Å². The minimum Gasteiger partial charge on any atom is -0.381 e. The number of hydrogen-bond acceptors (Lipinski definition) is 5. The van der Waals surface area contributed by atoms with Crippen molar-refractivity contribution in [3.8, 4) is 0 Å². The summed E-state index contributed by atoms with van der Waals surface area (Å²) in [6, 6.07) is 0.304. The molecule has 1 aliphatic carbocycles. The van der Waals surface area contributed by atoms with Crippen LogP contribution in [0.15, 0.2) is 4.52 Å². The molecule has 5 heteroatoms. The van der Waals surface area contributed by atoms with Crippen LogP contribution in [0.5, 0.6) is 0 Å². The Labute approximate surface area is 101 Å². The lowest BCUT2D eigenvalue weighted by atomic mass is 10.0. The van der Waals surface area contributed by atoms with E-state index in [2.05, 4.69) is 10.1 Å². The maximum absolute atomic E-state index is 5.89. The summed E-state index contributed by atoms with van der Waals surface area (Å²) in [6.07, 6.45) is 5.11. The Morgan fingerprint density at radius 1 is 1.29 bits per heavy atom. The molecule has 1 aromatic rings. The summed E-state index contributed by atoms with van der Waals surface area (Å²) in [7, 11) is 0. The zero-order valence-electron chi connectivity index (χ0n) is 9.97. The molecule has 0 bridgehead atoms. The molecule has 3 rings (SSSR count). The first-order chi connectivity index (χ1) is 8.31. The minimum atomic E-state index is 0.304. The fraction of sp³-hybridized carbons (Fsp3) is 0.833. The van der Waals surface area contributed by atoms with Crippen LogP contribution < -0.4 is 5.73 Å². The molecule has 1 saturated carbocycles. The second kappa shape index (κ2) is 4.74. The van der Waals surface area contributed by atoms with Gasteiger partial charge in [-0.1, -0.05) is 5.16 Å². The molecule has 3 atom stereocenters. The summed E-state index contributed by atoms with van der Waals surface area (Å²) in [5.74, 6) is 2.56. The smallest absolute Gasteiger partial charge is 0.229 e. The van der Waals surface area contributed by atoms with Gasteiger partial charge in [-0.05, 0) is 31.6 Å². The molecule has 0 radical (unpaired) electrons. The van der Waals surface area contributed by atoms with Crippen LogP contribution in [0.2, 0.25) is 0 Å². The molecule has 94 valence electrons. The molecular weight excluding hydrogens is 218 g/mol. The van der Waals surface area contributed by atoms with Gasteiger partial charge in [0.1, 0.15) is 0 Å². The molecule has 0 spiro atoms. The van der Waals surface area contributed by atoms with Gasteiger partial charge in [0.15, 0.2) is 5.82 Å². The summed E-state index contributed by atoms with van der Waals surface area (Å²) < 4.78 is 10.7. The lowest BCUT2D eigenvalue weighted by Gasteiger charge is -2.02. The second-order valence-corrected chi connectivity index (χ2v) is 5.25. The van der Waals surface area contributed by atoms with Crippen LogP contribution in [0, 0.1) is 5.92 Å². The van der Waals surface area contributed by atoms with E-state index >= 15 is 0 Å². The third-order valence-corrected chi connectivity index (χ3v) is 3.80. The fourth-order valence-corrected chi connectivity index (χ4v) is 2.76. The third-order valence-electron chi connectivity index (χ3n) is 3.80. The van der Waals surface area contributed by atoms with Crippen LogP contribution in [0.1, 0.15) is 43.3 Å². The zero-order valence-corrected chi connectivity index (χ0v) is 9.97. The average molecular weight is 237 g/mol. The SMILES string of the molecule is NC1CCC(c2nc(CC3CCOC3)no2)C1. The van der Waals surface area contributed by atoms with Crippen molar-refractivity contribution < 1.29 is 9.26 Å². The van der Waals surface area contributed by atoms with Crippen molar-refractivity contribution in [3.63, 3.8) is 0 Å². The number of nitrogens with two attached hydrogens (primary N) is 1. The van der Waals surface area contributed by atoms with Gasteiger partial charge >= 0.3 is 0 Å². The van der Waals surface area contributed by atoms with Crippen molar-refractivity contribution in [1.82, 2.24) is 10.1 Å². The fourth-order valence-electron chi connectivity index (χ4n) is 2.76. The van der Waals surface area contributed by atoms with E-state index in [0.717, 1.165) is 57.0 Å². The highest BCUT2D eigenvalue weighted by atomic mass is 16.5. The Kier molecular flexibility index (Phi) is 3.11.